The fourth-order valence-electron chi connectivity index (χ4n) is 1.63. The van der Waals surface area contributed by atoms with Crippen molar-refractivity contribution in [1.82, 2.24) is 0 Å². The number of carboxylic acids is 1. The van der Waals surface area contributed by atoms with Crippen molar-refractivity contribution in [2.24, 2.45) is 0 Å². The number of hydrogen-bond acceptors (Lipinski definition) is 2. The molecule has 0 aliphatic heterocycles. The number of rotatable bonds is 3. The third-order valence-corrected chi connectivity index (χ3v) is 2.80. The molecule has 1 aliphatic carbocycles. The maximum Gasteiger partial charge on any atom is 0.348 e. The number of carbonyl (C=O) groups is 1. The van der Waals surface area contributed by atoms with E-state index in [0.29, 0.717) is 12.8 Å². The molecule has 80 valence electrons. The van der Waals surface area contributed by atoms with Gasteiger partial charge in [0, 0.05) is 12.8 Å². The second-order valence-electron chi connectivity index (χ2n) is 4.12. The number of aryl methyl sites for hydroxylation is 2. The van der Waals surface area contributed by atoms with Gasteiger partial charge in [0.25, 0.3) is 0 Å². The third kappa shape index (κ3) is 1.69. The Balaban J connectivity index is 2.29. The number of para-hydroxylation sites is 1. The van der Waals surface area contributed by atoms with Crippen molar-refractivity contribution in [2.45, 2.75) is 32.3 Å². The van der Waals surface area contributed by atoms with Crippen molar-refractivity contribution in [3.63, 3.8) is 0 Å². The van der Waals surface area contributed by atoms with Crippen LogP contribution in [0.3, 0.4) is 0 Å². The fraction of sp³-hybridized carbons (Fsp3) is 0.417. The minimum absolute atomic E-state index is 0.607. The lowest BCUT2D eigenvalue weighted by atomic mass is 10.1. The van der Waals surface area contributed by atoms with Crippen LogP contribution >= 0.6 is 0 Å². The van der Waals surface area contributed by atoms with Crippen LogP contribution in [-0.2, 0) is 4.79 Å². The first kappa shape index (κ1) is 10.0. The minimum atomic E-state index is -0.948. The topological polar surface area (TPSA) is 46.5 Å². The molecule has 0 unspecified atom stereocenters. The van der Waals surface area contributed by atoms with E-state index in [0.717, 1.165) is 16.9 Å². The Kier molecular flexibility index (Phi) is 2.18. The first-order chi connectivity index (χ1) is 7.05. The fourth-order valence-corrected chi connectivity index (χ4v) is 1.63. The molecule has 2 rings (SSSR count). The van der Waals surface area contributed by atoms with Gasteiger partial charge in [-0.1, -0.05) is 18.2 Å². The first-order valence-electron chi connectivity index (χ1n) is 5.04. The molecular weight excluding hydrogens is 192 g/mol. The summed E-state index contributed by atoms with van der Waals surface area (Å²) in [6.07, 6.45) is 1.21. The van der Waals surface area contributed by atoms with Crippen LogP contribution in [0.5, 0.6) is 5.75 Å². The smallest absolute Gasteiger partial charge is 0.348 e. The van der Waals surface area contributed by atoms with Crippen molar-refractivity contribution < 1.29 is 14.6 Å². The highest BCUT2D eigenvalue weighted by Gasteiger charge is 2.53. The van der Waals surface area contributed by atoms with E-state index in [2.05, 4.69) is 0 Å². The molecule has 0 bridgehead atoms. The van der Waals surface area contributed by atoms with Crippen molar-refractivity contribution in [1.29, 1.82) is 0 Å². The van der Waals surface area contributed by atoms with Gasteiger partial charge in [0.1, 0.15) is 5.75 Å². The Hall–Kier alpha value is -1.51. The second kappa shape index (κ2) is 3.26. The number of hydrogen-bond donors (Lipinski definition) is 1. The van der Waals surface area contributed by atoms with Crippen LogP contribution in [0.25, 0.3) is 0 Å². The van der Waals surface area contributed by atoms with Crippen molar-refractivity contribution in [2.75, 3.05) is 0 Å². The van der Waals surface area contributed by atoms with Crippen LogP contribution in [0, 0.1) is 13.8 Å². The summed E-state index contributed by atoms with van der Waals surface area (Å²) in [6, 6.07) is 5.80. The van der Waals surface area contributed by atoms with Crippen molar-refractivity contribution >= 4 is 5.97 Å². The molecule has 3 heteroatoms. The molecule has 1 aliphatic rings. The summed E-state index contributed by atoms with van der Waals surface area (Å²) in [4.78, 5) is 11.0. The van der Waals surface area contributed by atoms with Gasteiger partial charge in [0.15, 0.2) is 0 Å². The summed E-state index contributed by atoms with van der Waals surface area (Å²) in [7, 11) is 0. The Morgan fingerprint density at radius 3 is 2.27 bits per heavy atom. The van der Waals surface area contributed by atoms with Gasteiger partial charge in [-0.05, 0) is 25.0 Å². The summed E-state index contributed by atoms with van der Waals surface area (Å²) in [5.74, 6) is -0.137. The molecule has 0 aromatic heterocycles. The maximum atomic E-state index is 11.0. The van der Waals surface area contributed by atoms with E-state index in [1.807, 2.05) is 32.0 Å². The lowest BCUT2D eigenvalue weighted by Gasteiger charge is -2.17. The Morgan fingerprint density at radius 2 is 1.87 bits per heavy atom. The van der Waals surface area contributed by atoms with Gasteiger partial charge in [-0.15, -0.1) is 0 Å². The highest BCUT2D eigenvalue weighted by atomic mass is 16.5. The second-order valence-corrected chi connectivity index (χ2v) is 4.12. The lowest BCUT2D eigenvalue weighted by molar-refractivity contribution is -0.147. The summed E-state index contributed by atoms with van der Waals surface area (Å²) >= 11 is 0. The molecule has 15 heavy (non-hydrogen) atoms. The van der Waals surface area contributed by atoms with Crippen molar-refractivity contribution in [3.8, 4) is 5.75 Å². The molecule has 0 radical (unpaired) electrons. The SMILES string of the molecule is Cc1cccc(C)c1OC1(C(=O)O)CC1. The van der Waals surface area contributed by atoms with Crippen molar-refractivity contribution in [3.05, 3.63) is 29.3 Å². The van der Waals surface area contributed by atoms with Crippen LogP contribution in [0.1, 0.15) is 24.0 Å². The summed E-state index contributed by atoms with van der Waals surface area (Å²) in [5, 5.41) is 9.02. The average Bonchev–Trinajstić information content (AvgIpc) is 2.93. The minimum Gasteiger partial charge on any atom is -0.478 e. The normalized spacial score (nSPS) is 17.2. The zero-order chi connectivity index (χ0) is 11.1. The van der Waals surface area contributed by atoms with E-state index in [9.17, 15) is 4.79 Å². The number of benzene rings is 1. The monoisotopic (exact) mass is 206 g/mol. The van der Waals surface area contributed by atoms with Gasteiger partial charge in [-0.2, -0.15) is 0 Å². The van der Waals surface area contributed by atoms with E-state index < -0.39 is 11.6 Å². The highest BCUT2D eigenvalue weighted by molar-refractivity contribution is 5.81. The molecule has 0 spiro atoms. The lowest BCUT2D eigenvalue weighted by Crippen LogP contribution is -2.29. The van der Waals surface area contributed by atoms with Gasteiger partial charge in [0.05, 0.1) is 0 Å². The molecule has 0 saturated heterocycles. The third-order valence-electron chi connectivity index (χ3n) is 2.80. The van der Waals surface area contributed by atoms with E-state index in [-0.39, 0.29) is 0 Å². The summed E-state index contributed by atoms with van der Waals surface area (Å²) in [6.45, 7) is 3.86. The van der Waals surface area contributed by atoms with E-state index in [1.165, 1.54) is 0 Å². The number of ether oxygens (including phenoxy) is 1. The van der Waals surface area contributed by atoms with Crippen LogP contribution in [0.4, 0.5) is 0 Å². The van der Waals surface area contributed by atoms with E-state index in [1.54, 1.807) is 0 Å². The quantitative estimate of drug-likeness (QED) is 0.825. The molecule has 3 nitrogen and oxygen atoms in total. The molecule has 0 heterocycles. The van der Waals surface area contributed by atoms with E-state index >= 15 is 0 Å². The standard InChI is InChI=1S/C12H14O3/c1-8-4-3-5-9(2)10(8)15-12(6-7-12)11(13)14/h3-5H,6-7H2,1-2H3,(H,13,14). The first-order valence-corrected chi connectivity index (χ1v) is 5.04. The predicted octanol–water partition coefficient (Wildman–Crippen LogP) is 2.30. The Bertz CT molecular complexity index is 385. The van der Waals surface area contributed by atoms with Gasteiger partial charge in [0.2, 0.25) is 5.60 Å². The number of aliphatic carboxylic acids is 1. The number of carboxylic acid groups (broad SMARTS) is 1. The molecule has 0 amide bonds. The highest BCUT2D eigenvalue weighted by Crippen LogP contribution is 2.42. The van der Waals surface area contributed by atoms with Crippen LogP contribution in [0.15, 0.2) is 18.2 Å². The molecule has 1 aromatic rings. The zero-order valence-corrected chi connectivity index (χ0v) is 8.91. The Morgan fingerprint density at radius 1 is 1.33 bits per heavy atom. The Labute approximate surface area is 88.7 Å². The van der Waals surface area contributed by atoms with Crippen LogP contribution in [0.2, 0.25) is 0 Å². The molecule has 1 saturated carbocycles. The van der Waals surface area contributed by atoms with Gasteiger partial charge < -0.3 is 9.84 Å². The van der Waals surface area contributed by atoms with E-state index in [4.69, 9.17) is 9.84 Å². The van der Waals surface area contributed by atoms with Gasteiger partial charge in [-0.25, -0.2) is 4.79 Å². The predicted molar refractivity (Wildman–Crippen MR) is 56.1 cm³/mol. The zero-order valence-electron chi connectivity index (χ0n) is 8.91. The molecular formula is C12H14O3. The molecule has 1 aromatic carbocycles. The summed E-state index contributed by atoms with van der Waals surface area (Å²) in [5.41, 5.74) is 1.03. The maximum absolute atomic E-state index is 11.0. The van der Waals surface area contributed by atoms with Crippen LogP contribution in [-0.4, -0.2) is 16.7 Å². The molecule has 1 N–H and O–H groups in total. The molecule has 0 atom stereocenters. The summed E-state index contributed by atoms with van der Waals surface area (Å²) < 4.78 is 5.64. The van der Waals surface area contributed by atoms with Gasteiger partial charge in [-0.3, -0.25) is 0 Å². The van der Waals surface area contributed by atoms with Crippen LogP contribution < -0.4 is 4.74 Å². The largest absolute Gasteiger partial charge is 0.478 e. The molecule has 1 fully saturated rings. The average molecular weight is 206 g/mol. The van der Waals surface area contributed by atoms with Gasteiger partial charge >= 0.3 is 5.97 Å².